The van der Waals surface area contributed by atoms with Crippen LogP contribution in [0.4, 0.5) is 5.69 Å². The molecule has 4 rings (SSSR count). The van der Waals surface area contributed by atoms with E-state index in [4.69, 9.17) is 4.74 Å². The van der Waals surface area contributed by atoms with Gasteiger partial charge in [0.1, 0.15) is 12.2 Å². The highest BCUT2D eigenvalue weighted by molar-refractivity contribution is 6.02. The van der Waals surface area contributed by atoms with Crippen LogP contribution in [0.15, 0.2) is 24.3 Å². The lowest BCUT2D eigenvalue weighted by Crippen LogP contribution is -2.58. The van der Waals surface area contributed by atoms with Gasteiger partial charge in [-0.15, -0.1) is 0 Å². The molecule has 3 atom stereocenters. The van der Waals surface area contributed by atoms with Gasteiger partial charge in [-0.05, 0) is 30.9 Å². The number of fused-ring (bicyclic) bond motifs is 3. The minimum absolute atomic E-state index is 0.100. The van der Waals surface area contributed by atoms with Crippen LogP contribution in [0.1, 0.15) is 18.4 Å². The number of carbonyl (C=O) groups excluding carboxylic acids is 2. The van der Waals surface area contributed by atoms with E-state index < -0.39 is 12.2 Å². The largest absolute Gasteiger partial charge is 0.383 e. The zero-order valence-electron chi connectivity index (χ0n) is 11.0. The average molecular weight is 272 g/mol. The third-order valence-electron chi connectivity index (χ3n) is 4.41. The first-order valence-electron chi connectivity index (χ1n) is 7.08. The fourth-order valence-corrected chi connectivity index (χ4v) is 3.39. The third-order valence-corrected chi connectivity index (χ3v) is 4.41. The topological polar surface area (TPSA) is 58.6 Å². The van der Waals surface area contributed by atoms with Crippen molar-refractivity contribution in [1.82, 2.24) is 4.90 Å². The molecule has 2 saturated heterocycles. The maximum absolute atomic E-state index is 12.4. The lowest BCUT2D eigenvalue weighted by Gasteiger charge is -2.38. The summed E-state index contributed by atoms with van der Waals surface area (Å²) in [5.74, 6) is -0.315. The number of benzene rings is 1. The summed E-state index contributed by atoms with van der Waals surface area (Å²) in [5.41, 5.74) is 2.25. The van der Waals surface area contributed by atoms with Crippen molar-refractivity contribution in [3.63, 3.8) is 0 Å². The Kier molecular flexibility index (Phi) is 2.57. The molecule has 3 aliphatic heterocycles. The van der Waals surface area contributed by atoms with Crippen LogP contribution in [0.25, 0.3) is 0 Å². The highest BCUT2D eigenvalue weighted by atomic mass is 16.5. The van der Waals surface area contributed by atoms with E-state index in [-0.39, 0.29) is 17.9 Å². The maximum Gasteiger partial charge on any atom is 0.258 e. The second-order valence-electron chi connectivity index (χ2n) is 5.63. The molecule has 0 saturated carbocycles. The first kappa shape index (κ1) is 11.9. The molecular weight excluding hydrogens is 256 g/mol. The van der Waals surface area contributed by atoms with Crippen molar-refractivity contribution in [2.75, 3.05) is 11.9 Å². The number of para-hydroxylation sites is 1. The first-order chi connectivity index (χ1) is 9.74. The van der Waals surface area contributed by atoms with Crippen LogP contribution in [-0.2, 0) is 20.7 Å². The molecule has 3 heterocycles. The maximum atomic E-state index is 12.4. The molecule has 2 fully saturated rings. The molecule has 1 aromatic carbocycles. The smallest absolute Gasteiger partial charge is 0.258 e. The fourth-order valence-electron chi connectivity index (χ4n) is 3.39. The summed E-state index contributed by atoms with van der Waals surface area (Å²) in [7, 11) is 0. The number of ether oxygens (including phenoxy) is 1. The lowest BCUT2D eigenvalue weighted by molar-refractivity contribution is -0.171. The molecule has 104 valence electrons. The molecule has 2 amide bonds. The van der Waals surface area contributed by atoms with Crippen LogP contribution >= 0.6 is 0 Å². The van der Waals surface area contributed by atoms with Gasteiger partial charge in [0, 0.05) is 12.2 Å². The summed E-state index contributed by atoms with van der Waals surface area (Å²) < 4.78 is 5.45. The van der Waals surface area contributed by atoms with Gasteiger partial charge < -0.3 is 10.1 Å². The number of nitrogens with one attached hydrogen (secondary N) is 1. The minimum atomic E-state index is -0.408. The molecule has 5 heteroatoms. The molecule has 20 heavy (non-hydrogen) atoms. The van der Waals surface area contributed by atoms with Crippen LogP contribution < -0.4 is 5.32 Å². The summed E-state index contributed by atoms with van der Waals surface area (Å²) in [6.07, 6.45) is 1.25. The number of imide groups is 1. The normalized spacial score (nSPS) is 32.0. The predicted octanol–water partition coefficient (Wildman–Crippen LogP) is 0.940. The predicted molar refractivity (Wildman–Crippen MR) is 72.2 cm³/mol. The van der Waals surface area contributed by atoms with Crippen molar-refractivity contribution < 1.29 is 14.3 Å². The highest BCUT2D eigenvalue weighted by Crippen LogP contribution is 2.32. The Morgan fingerprint density at radius 1 is 1.10 bits per heavy atom. The molecule has 5 nitrogen and oxygen atoms in total. The Morgan fingerprint density at radius 2 is 1.80 bits per heavy atom. The molecule has 3 aliphatic rings. The minimum Gasteiger partial charge on any atom is -0.383 e. The van der Waals surface area contributed by atoms with Crippen molar-refractivity contribution >= 4 is 17.5 Å². The molecular formula is C15H16N2O3. The standard InChI is InChI=1S/C15H16N2O3/c18-14-12-5-6-13(20-12)15(19)17(14)10-7-9-3-1-2-4-11(9)16-8-10/h1-4,10,12-13,16H,5-8H2. The lowest BCUT2D eigenvalue weighted by atomic mass is 9.97. The Balaban J connectivity index is 1.62. The number of nitrogens with zero attached hydrogens (tertiary/aromatic N) is 1. The van der Waals surface area contributed by atoms with Crippen molar-refractivity contribution in [2.45, 2.75) is 37.5 Å². The van der Waals surface area contributed by atoms with E-state index in [1.807, 2.05) is 24.3 Å². The van der Waals surface area contributed by atoms with Gasteiger partial charge in [0.15, 0.2) is 0 Å². The zero-order valence-corrected chi connectivity index (χ0v) is 11.0. The Morgan fingerprint density at radius 3 is 2.55 bits per heavy atom. The number of anilines is 1. The quantitative estimate of drug-likeness (QED) is 0.773. The van der Waals surface area contributed by atoms with E-state index >= 15 is 0 Å². The molecule has 0 spiro atoms. The fraction of sp³-hybridized carbons (Fsp3) is 0.467. The summed E-state index contributed by atoms with van der Waals surface area (Å²) in [6, 6.07) is 7.93. The number of rotatable bonds is 1. The van der Waals surface area contributed by atoms with Crippen molar-refractivity contribution in [3.05, 3.63) is 29.8 Å². The van der Waals surface area contributed by atoms with Crippen LogP contribution in [0.5, 0.6) is 0 Å². The SMILES string of the molecule is O=C1C2CCC(O2)C(=O)N1C1CNc2ccccc2C1. The Hall–Kier alpha value is -1.88. The van der Waals surface area contributed by atoms with Gasteiger partial charge in [0.25, 0.3) is 11.8 Å². The van der Waals surface area contributed by atoms with Gasteiger partial charge >= 0.3 is 0 Å². The number of carbonyl (C=O) groups is 2. The van der Waals surface area contributed by atoms with Gasteiger partial charge in [-0.25, -0.2) is 0 Å². The van der Waals surface area contributed by atoms with E-state index in [2.05, 4.69) is 5.32 Å². The van der Waals surface area contributed by atoms with E-state index in [1.54, 1.807) is 0 Å². The average Bonchev–Trinajstić information content (AvgIpc) is 2.92. The van der Waals surface area contributed by atoms with Gasteiger partial charge in [0.2, 0.25) is 0 Å². The van der Waals surface area contributed by atoms with Crippen molar-refractivity contribution in [2.24, 2.45) is 0 Å². The molecule has 0 aliphatic carbocycles. The number of morpholine rings is 1. The monoisotopic (exact) mass is 272 g/mol. The summed E-state index contributed by atoms with van der Waals surface area (Å²) in [4.78, 5) is 26.2. The van der Waals surface area contributed by atoms with E-state index in [1.165, 1.54) is 4.90 Å². The van der Waals surface area contributed by atoms with Crippen molar-refractivity contribution in [1.29, 1.82) is 0 Å². The second kappa shape index (κ2) is 4.31. The summed E-state index contributed by atoms with van der Waals surface area (Å²) in [6.45, 7) is 0.619. The molecule has 0 radical (unpaired) electrons. The van der Waals surface area contributed by atoms with Crippen LogP contribution in [-0.4, -0.2) is 41.5 Å². The molecule has 2 bridgehead atoms. The molecule has 0 aromatic heterocycles. The van der Waals surface area contributed by atoms with Gasteiger partial charge in [-0.1, -0.05) is 18.2 Å². The van der Waals surface area contributed by atoms with E-state index in [9.17, 15) is 9.59 Å². The Bertz CT molecular complexity index is 564. The van der Waals surface area contributed by atoms with Crippen LogP contribution in [0.3, 0.4) is 0 Å². The number of likely N-dealkylation sites (tertiary alicyclic amines) is 1. The molecule has 3 unspecified atom stereocenters. The van der Waals surface area contributed by atoms with Gasteiger partial charge in [-0.2, -0.15) is 0 Å². The zero-order chi connectivity index (χ0) is 13.7. The van der Waals surface area contributed by atoms with Crippen LogP contribution in [0, 0.1) is 0 Å². The number of amides is 2. The Labute approximate surface area is 116 Å². The molecule has 1 N–H and O–H groups in total. The highest BCUT2D eigenvalue weighted by Gasteiger charge is 2.49. The number of hydrogen-bond acceptors (Lipinski definition) is 4. The number of hydrogen-bond donors (Lipinski definition) is 1. The molecule has 1 aromatic rings. The van der Waals surface area contributed by atoms with Gasteiger partial charge in [-0.3, -0.25) is 14.5 Å². The third kappa shape index (κ3) is 1.66. The van der Waals surface area contributed by atoms with E-state index in [0.717, 1.165) is 17.7 Å². The van der Waals surface area contributed by atoms with E-state index in [0.29, 0.717) is 19.4 Å². The summed E-state index contributed by atoms with van der Waals surface area (Å²) >= 11 is 0. The van der Waals surface area contributed by atoms with Gasteiger partial charge in [0.05, 0.1) is 6.04 Å². The van der Waals surface area contributed by atoms with Crippen molar-refractivity contribution in [3.8, 4) is 0 Å². The first-order valence-corrected chi connectivity index (χ1v) is 7.08. The second-order valence-corrected chi connectivity index (χ2v) is 5.63. The van der Waals surface area contributed by atoms with Crippen LogP contribution in [0.2, 0.25) is 0 Å². The summed E-state index contributed by atoms with van der Waals surface area (Å²) in [5, 5.41) is 3.31.